The minimum absolute atomic E-state index is 0.421. The van der Waals surface area contributed by atoms with Crippen molar-refractivity contribution in [3.8, 4) is 33.8 Å². The number of halogens is 1. The van der Waals surface area contributed by atoms with Crippen LogP contribution < -0.4 is 9.47 Å². The molecule has 0 aromatic heterocycles. The number of rotatable bonds is 19. The Morgan fingerprint density at radius 2 is 1.11 bits per heavy atom. The van der Waals surface area contributed by atoms with E-state index >= 15 is 0 Å². The second-order valence-electron chi connectivity index (χ2n) is 12.0. The summed E-state index contributed by atoms with van der Waals surface area (Å²) >= 11 is 6.64. The van der Waals surface area contributed by atoms with Crippen molar-refractivity contribution in [3.05, 3.63) is 107 Å². The lowest BCUT2D eigenvalue weighted by Gasteiger charge is -2.10. The summed E-state index contributed by atoms with van der Waals surface area (Å²) in [5.41, 5.74) is 5.84. The van der Waals surface area contributed by atoms with Crippen molar-refractivity contribution in [2.24, 2.45) is 0 Å². The Labute approximate surface area is 275 Å². The molecule has 45 heavy (non-hydrogen) atoms. The molecule has 0 spiro atoms. The first kappa shape index (κ1) is 34.3. The first-order valence-electron chi connectivity index (χ1n) is 17.0. The van der Waals surface area contributed by atoms with Crippen LogP contribution in [0.3, 0.4) is 0 Å². The monoisotopic (exact) mass is 624 g/mol. The molecule has 4 aromatic carbocycles. The fraction of sp³-hybridized carbons (Fsp3) is 0.390. The van der Waals surface area contributed by atoms with E-state index in [0.717, 1.165) is 47.5 Å². The Balaban J connectivity index is 1.25. The van der Waals surface area contributed by atoms with E-state index in [2.05, 4.69) is 50.2 Å². The summed E-state index contributed by atoms with van der Waals surface area (Å²) in [6.45, 7) is 5.24. The second kappa shape index (κ2) is 19.1. The van der Waals surface area contributed by atoms with Crippen LogP contribution in [0.25, 0.3) is 22.3 Å². The van der Waals surface area contributed by atoms with Gasteiger partial charge in [-0.05, 0) is 77.9 Å². The van der Waals surface area contributed by atoms with Crippen LogP contribution in [0.1, 0.15) is 107 Å². The molecule has 0 bridgehead atoms. The number of unbranched alkanes of at least 4 members (excludes halogenated alkanes) is 10. The van der Waals surface area contributed by atoms with Gasteiger partial charge in [0.05, 0.1) is 12.2 Å². The van der Waals surface area contributed by atoms with Gasteiger partial charge in [0.2, 0.25) is 0 Å². The minimum atomic E-state index is -0.433. The molecular formula is C41H49ClO3. The summed E-state index contributed by atoms with van der Waals surface area (Å²) in [7, 11) is 0. The Hall–Kier alpha value is -3.56. The molecule has 0 atom stereocenters. The number of hydrogen-bond acceptors (Lipinski definition) is 3. The molecule has 0 saturated heterocycles. The number of esters is 1. The molecule has 4 aromatic rings. The highest BCUT2D eigenvalue weighted by molar-refractivity contribution is 6.33. The van der Waals surface area contributed by atoms with Gasteiger partial charge in [-0.2, -0.15) is 0 Å². The standard InChI is InChI=1S/C41H49ClO3/c1-3-5-7-9-10-11-13-15-32-16-18-35(19-17-32)39-29-24-36(31-40(39)42)41(43)45-38-27-22-34(23-28-38)33-20-25-37(26-21-33)44-30-14-12-8-6-4-2/h16-29,31H,3-15,30H2,1-2H3. The van der Waals surface area contributed by atoms with Crippen LogP contribution in [0.15, 0.2) is 91.0 Å². The number of ether oxygens (including phenoxy) is 2. The summed E-state index contributed by atoms with van der Waals surface area (Å²) in [4.78, 5) is 12.9. The summed E-state index contributed by atoms with van der Waals surface area (Å²) in [6, 6.07) is 29.7. The Morgan fingerprint density at radius 1 is 0.578 bits per heavy atom. The number of aryl methyl sites for hydroxylation is 1. The predicted octanol–water partition coefficient (Wildman–Crippen LogP) is 12.5. The fourth-order valence-electron chi connectivity index (χ4n) is 5.53. The maximum absolute atomic E-state index is 12.9. The minimum Gasteiger partial charge on any atom is -0.494 e. The van der Waals surface area contributed by atoms with E-state index in [1.54, 1.807) is 12.1 Å². The Bertz CT molecular complexity index is 1430. The van der Waals surface area contributed by atoms with Crippen molar-refractivity contribution >= 4 is 17.6 Å². The average Bonchev–Trinajstić information content (AvgIpc) is 3.07. The molecular weight excluding hydrogens is 576 g/mol. The third kappa shape index (κ3) is 11.4. The highest BCUT2D eigenvalue weighted by Crippen LogP contribution is 2.30. The van der Waals surface area contributed by atoms with Crippen LogP contribution in [0, 0.1) is 0 Å². The molecule has 3 nitrogen and oxygen atoms in total. The lowest BCUT2D eigenvalue weighted by atomic mass is 10.00. The average molecular weight is 625 g/mol. The van der Waals surface area contributed by atoms with Gasteiger partial charge in [-0.1, -0.05) is 144 Å². The molecule has 0 aliphatic rings. The van der Waals surface area contributed by atoms with Gasteiger partial charge in [-0.25, -0.2) is 4.79 Å². The van der Waals surface area contributed by atoms with Gasteiger partial charge in [-0.15, -0.1) is 0 Å². The van der Waals surface area contributed by atoms with Gasteiger partial charge >= 0.3 is 5.97 Å². The summed E-state index contributed by atoms with van der Waals surface area (Å²) in [5, 5.41) is 0.531. The third-order valence-electron chi connectivity index (χ3n) is 8.31. The maximum atomic E-state index is 12.9. The van der Waals surface area contributed by atoms with Gasteiger partial charge in [0, 0.05) is 10.6 Å². The topological polar surface area (TPSA) is 35.5 Å². The first-order chi connectivity index (χ1) is 22.1. The van der Waals surface area contributed by atoms with Crippen LogP contribution in [0.5, 0.6) is 11.5 Å². The van der Waals surface area contributed by atoms with Crippen molar-refractivity contribution in [3.63, 3.8) is 0 Å². The first-order valence-corrected chi connectivity index (χ1v) is 17.4. The SMILES string of the molecule is CCCCCCCCCc1ccc(-c2ccc(C(=O)Oc3ccc(-c4ccc(OCCCCCCC)cc4)cc3)cc2Cl)cc1. The third-order valence-corrected chi connectivity index (χ3v) is 8.62. The van der Waals surface area contributed by atoms with Crippen molar-refractivity contribution < 1.29 is 14.3 Å². The summed E-state index contributed by atoms with van der Waals surface area (Å²) in [5.74, 6) is 0.946. The van der Waals surface area contributed by atoms with E-state index < -0.39 is 5.97 Å². The van der Waals surface area contributed by atoms with Crippen molar-refractivity contribution in [1.82, 2.24) is 0 Å². The van der Waals surface area contributed by atoms with Crippen LogP contribution >= 0.6 is 11.6 Å². The largest absolute Gasteiger partial charge is 0.494 e. The molecule has 238 valence electrons. The zero-order valence-corrected chi connectivity index (χ0v) is 27.9. The van der Waals surface area contributed by atoms with E-state index in [-0.39, 0.29) is 0 Å². The van der Waals surface area contributed by atoms with Crippen LogP contribution in [-0.4, -0.2) is 12.6 Å². The Kier molecular flexibility index (Phi) is 14.5. The van der Waals surface area contributed by atoms with E-state index in [1.165, 1.54) is 76.2 Å². The van der Waals surface area contributed by atoms with Gasteiger partial charge in [0.25, 0.3) is 0 Å². The van der Waals surface area contributed by atoms with E-state index in [1.807, 2.05) is 42.5 Å². The number of carbonyl (C=O) groups is 1. The second-order valence-corrected chi connectivity index (χ2v) is 12.4. The number of carbonyl (C=O) groups excluding carboxylic acids is 1. The molecule has 0 saturated carbocycles. The molecule has 0 heterocycles. The van der Waals surface area contributed by atoms with Gasteiger partial charge in [0.1, 0.15) is 11.5 Å². The number of benzene rings is 4. The molecule has 0 amide bonds. The summed E-state index contributed by atoms with van der Waals surface area (Å²) < 4.78 is 11.6. The van der Waals surface area contributed by atoms with Crippen LogP contribution in [0.2, 0.25) is 5.02 Å². The lowest BCUT2D eigenvalue weighted by Crippen LogP contribution is -2.08. The Morgan fingerprint density at radius 3 is 1.71 bits per heavy atom. The van der Waals surface area contributed by atoms with E-state index in [0.29, 0.717) is 16.3 Å². The molecule has 4 heteroatoms. The molecule has 0 radical (unpaired) electrons. The molecule has 0 N–H and O–H groups in total. The summed E-state index contributed by atoms with van der Waals surface area (Å²) in [6.07, 6.45) is 16.5. The normalized spacial score (nSPS) is 11.0. The molecule has 0 fully saturated rings. The zero-order chi connectivity index (χ0) is 31.7. The predicted molar refractivity (Wildman–Crippen MR) is 190 cm³/mol. The molecule has 0 aliphatic carbocycles. The van der Waals surface area contributed by atoms with Crippen LogP contribution in [-0.2, 0) is 6.42 Å². The lowest BCUT2D eigenvalue weighted by molar-refractivity contribution is 0.0735. The highest BCUT2D eigenvalue weighted by atomic mass is 35.5. The maximum Gasteiger partial charge on any atom is 0.343 e. The highest BCUT2D eigenvalue weighted by Gasteiger charge is 2.13. The zero-order valence-electron chi connectivity index (χ0n) is 27.2. The molecule has 0 aliphatic heterocycles. The quantitative estimate of drug-likeness (QED) is 0.0591. The smallest absolute Gasteiger partial charge is 0.343 e. The van der Waals surface area contributed by atoms with Gasteiger partial charge in [0.15, 0.2) is 0 Å². The van der Waals surface area contributed by atoms with Crippen molar-refractivity contribution in [2.45, 2.75) is 97.3 Å². The number of hydrogen-bond donors (Lipinski definition) is 0. The van der Waals surface area contributed by atoms with Crippen molar-refractivity contribution in [1.29, 1.82) is 0 Å². The molecule has 0 unspecified atom stereocenters. The van der Waals surface area contributed by atoms with E-state index in [4.69, 9.17) is 21.1 Å². The van der Waals surface area contributed by atoms with E-state index in [9.17, 15) is 4.79 Å². The van der Waals surface area contributed by atoms with Crippen LogP contribution in [0.4, 0.5) is 0 Å². The molecule has 4 rings (SSSR count). The van der Waals surface area contributed by atoms with Crippen molar-refractivity contribution in [2.75, 3.05) is 6.61 Å². The van der Waals surface area contributed by atoms with Gasteiger partial charge < -0.3 is 9.47 Å². The van der Waals surface area contributed by atoms with Gasteiger partial charge in [-0.3, -0.25) is 0 Å². The fourth-order valence-corrected chi connectivity index (χ4v) is 5.82.